The second-order valence-corrected chi connectivity index (χ2v) is 8.75. The Morgan fingerprint density at radius 3 is 2.46 bits per heavy atom. The summed E-state index contributed by atoms with van der Waals surface area (Å²) < 4.78 is 18.2. The molecule has 0 radical (unpaired) electrons. The van der Waals surface area contributed by atoms with Crippen LogP contribution in [0.4, 0.5) is 0 Å². The van der Waals surface area contributed by atoms with Gasteiger partial charge >= 0.3 is 5.97 Å². The standard InChI is InChI=1S/C27H26N2O5S/c1-5-15-34-21-11-7-18(8-12-21)16-22-25(30)29-24(19-9-13-20(32-4)14-10-19)23(26(31)33-6-2)17(3)28-27(29)35-22/h5,7-14,16,24H,1,6,15H2,2-4H3. The van der Waals surface area contributed by atoms with Crippen LogP contribution >= 0.6 is 11.3 Å². The molecule has 0 bridgehead atoms. The average molecular weight is 491 g/mol. The Labute approximate surface area is 206 Å². The van der Waals surface area contributed by atoms with Gasteiger partial charge in [-0.1, -0.05) is 48.3 Å². The summed E-state index contributed by atoms with van der Waals surface area (Å²) in [7, 11) is 1.59. The first-order chi connectivity index (χ1) is 17.0. The van der Waals surface area contributed by atoms with E-state index in [1.54, 1.807) is 43.7 Å². The molecule has 1 aromatic heterocycles. The lowest BCUT2D eigenvalue weighted by Gasteiger charge is -2.24. The fourth-order valence-electron chi connectivity index (χ4n) is 3.86. The van der Waals surface area contributed by atoms with Crippen LogP contribution in [0.15, 0.2) is 82.2 Å². The predicted molar refractivity (Wildman–Crippen MR) is 136 cm³/mol. The number of hydrogen-bond acceptors (Lipinski definition) is 7. The van der Waals surface area contributed by atoms with Crippen LogP contribution in [0.3, 0.4) is 0 Å². The summed E-state index contributed by atoms with van der Waals surface area (Å²) in [6, 6.07) is 14.1. The maximum Gasteiger partial charge on any atom is 0.338 e. The Morgan fingerprint density at radius 1 is 1.14 bits per heavy atom. The van der Waals surface area contributed by atoms with Crippen LogP contribution < -0.4 is 24.4 Å². The molecule has 1 aliphatic heterocycles. The summed E-state index contributed by atoms with van der Waals surface area (Å²) in [6.07, 6.45) is 3.50. The molecule has 0 spiro atoms. The fraction of sp³-hybridized carbons (Fsp3) is 0.222. The number of thiazole rings is 1. The van der Waals surface area contributed by atoms with E-state index in [1.807, 2.05) is 42.5 Å². The van der Waals surface area contributed by atoms with Crippen LogP contribution in [0.2, 0.25) is 0 Å². The molecule has 0 saturated carbocycles. The third-order valence-corrected chi connectivity index (χ3v) is 6.48. The van der Waals surface area contributed by atoms with Gasteiger partial charge in [0.1, 0.15) is 18.1 Å². The van der Waals surface area contributed by atoms with E-state index in [1.165, 1.54) is 11.3 Å². The quantitative estimate of drug-likeness (QED) is 0.357. The number of methoxy groups -OCH3 is 1. The van der Waals surface area contributed by atoms with Crippen molar-refractivity contribution in [3.05, 3.63) is 103 Å². The lowest BCUT2D eigenvalue weighted by molar-refractivity contribution is -0.139. The molecule has 7 nitrogen and oxygen atoms in total. The number of carbonyl (C=O) groups excluding carboxylic acids is 1. The van der Waals surface area contributed by atoms with Crippen molar-refractivity contribution < 1.29 is 19.0 Å². The van der Waals surface area contributed by atoms with Crippen molar-refractivity contribution in [2.75, 3.05) is 20.3 Å². The van der Waals surface area contributed by atoms with E-state index in [0.29, 0.717) is 33.0 Å². The minimum Gasteiger partial charge on any atom is -0.497 e. The first-order valence-corrected chi connectivity index (χ1v) is 12.0. The topological polar surface area (TPSA) is 79.1 Å². The van der Waals surface area contributed by atoms with E-state index in [2.05, 4.69) is 11.6 Å². The van der Waals surface area contributed by atoms with Gasteiger partial charge in [-0.25, -0.2) is 9.79 Å². The number of allylic oxidation sites excluding steroid dienone is 1. The molecular formula is C27H26N2O5S. The normalized spacial score (nSPS) is 15.3. The van der Waals surface area contributed by atoms with Crippen molar-refractivity contribution in [1.82, 2.24) is 4.57 Å². The summed E-state index contributed by atoms with van der Waals surface area (Å²) in [5.74, 6) is 0.914. The molecule has 0 saturated heterocycles. The molecule has 2 heterocycles. The van der Waals surface area contributed by atoms with Crippen LogP contribution in [-0.2, 0) is 9.53 Å². The molecule has 0 N–H and O–H groups in total. The van der Waals surface area contributed by atoms with E-state index >= 15 is 0 Å². The van der Waals surface area contributed by atoms with E-state index in [-0.39, 0.29) is 12.2 Å². The highest BCUT2D eigenvalue weighted by molar-refractivity contribution is 7.07. The molecule has 1 atom stereocenters. The zero-order valence-electron chi connectivity index (χ0n) is 19.8. The minimum atomic E-state index is -0.659. The molecule has 2 aromatic carbocycles. The molecule has 0 amide bonds. The van der Waals surface area contributed by atoms with Crippen molar-refractivity contribution in [2.24, 2.45) is 4.99 Å². The Bertz CT molecular complexity index is 1450. The van der Waals surface area contributed by atoms with Gasteiger partial charge in [0.2, 0.25) is 0 Å². The Hall–Kier alpha value is -3.91. The monoisotopic (exact) mass is 490 g/mol. The van der Waals surface area contributed by atoms with Crippen molar-refractivity contribution >= 4 is 23.4 Å². The van der Waals surface area contributed by atoms with Crippen LogP contribution in [0.5, 0.6) is 11.5 Å². The fourth-order valence-corrected chi connectivity index (χ4v) is 4.91. The van der Waals surface area contributed by atoms with E-state index in [4.69, 9.17) is 14.2 Å². The number of fused-ring (bicyclic) bond motifs is 1. The molecule has 1 aliphatic rings. The number of esters is 1. The summed E-state index contributed by atoms with van der Waals surface area (Å²) in [5.41, 5.74) is 2.26. The van der Waals surface area contributed by atoms with Gasteiger partial charge in [0.15, 0.2) is 4.80 Å². The van der Waals surface area contributed by atoms with E-state index in [9.17, 15) is 9.59 Å². The largest absolute Gasteiger partial charge is 0.497 e. The number of benzene rings is 2. The Morgan fingerprint density at radius 2 is 1.83 bits per heavy atom. The van der Waals surface area contributed by atoms with Crippen LogP contribution in [0.1, 0.15) is 31.0 Å². The van der Waals surface area contributed by atoms with Crippen molar-refractivity contribution in [2.45, 2.75) is 19.9 Å². The number of nitrogens with zero attached hydrogens (tertiary/aromatic N) is 2. The Balaban J connectivity index is 1.84. The smallest absolute Gasteiger partial charge is 0.338 e. The van der Waals surface area contributed by atoms with Crippen molar-refractivity contribution in [3.63, 3.8) is 0 Å². The second-order valence-electron chi connectivity index (χ2n) is 7.74. The minimum absolute atomic E-state index is 0.224. The third kappa shape index (κ3) is 4.97. The SMILES string of the molecule is C=CCOc1ccc(C=c2sc3n(c2=O)C(c2ccc(OC)cc2)C(C(=O)OCC)=C(C)N=3)cc1. The number of rotatable bonds is 8. The first kappa shape index (κ1) is 24.2. The van der Waals surface area contributed by atoms with Crippen LogP contribution in [0.25, 0.3) is 6.08 Å². The predicted octanol–water partition coefficient (Wildman–Crippen LogP) is 3.37. The summed E-state index contributed by atoms with van der Waals surface area (Å²) in [5, 5.41) is 0. The van der Waals surface area contributed by atoms with Crippen LogP contribution in [-0.4, -0.2) is 30.9 Å². The van der Waals surface area contributed by atoms with Gasteiger partial charge in [-0.3, -0.25) is 9.36 Å². The highest BCUT2D eigenvalue weighted by Gasteiger charge is 2.33. The summed E-state index contributed by atoms with van der Waals surface area (Å²) in [6.45, 7) is 7.81. The summed E-state index contributed by atoms with van der Waals surface area (Å²) >= 11 is 1.28. The molecule has 3 aromatic rings. The highest BCUT2D eigenvalue weighted by Crippen LogP contribution is 2.31. The number of aromatic nitrogens is 1. The molecule has 35 heavy (non-hydrogen) atoms. The lowest BCUT2D eigenvalue weighted by Crippen LogP contribution is -2.39. The van der Waals surface area contributed by atoms with Gasteiger partial charge < -0.3 is 14.2 Å². The molecular weight excluding hydrogens is 464 g/mol. The molecule has 0 fully saturated rings. The maximum atomic E-state index is 13.6. The van der Waals surface area contributed by atoms with Gasteiger partial charge in [-0.15, -0.1) is 0 Å². The van der Waals surface area contributed by atoms with Gasteiger partial charge in [0, 0.05) is 0 Å². The average Bonchev–Trinajstić information content (AvgIpc) is 3.17. The van der Waals surface area contributed by atoms with Gasteiger partial charge in [-0.05, 0) is 55.3 Å². The first-order valence-electron chi connectivity index (χ1n) is 11.1. The molecule has 180 valence electrons. The zero-order valence-corrected chi connectivity index (χ0v) is 20.6. The van der Waals surface area contributed by atoms with Gasteiger partial charge in [0.25, 0.3) is 5.56 Å². The van der Waals surface area contributed by atoms with E-state index < -0.39 is 12.0 Å². The third-order valence-electron chi connectivity index (χ3n) is 5.49. The zero-order chi connectivity index (χ0) is 24.9. The second kappa shape index (κ2) is 10.6. The van der Waals surface area contributed by atoms with Gasteiger partial charge in [0.05, 0.1) is 35.6 Å². The number of ether oxygens (including phenoxy) is 3. The molecule has 1 unspecified atom stereocenters. The van der Waals surface area contributed by atoms with Crippen molar-refractivity contribution in [1.29, 1.82) is 0 Å². The van der Waals surface area contributed by atoms with Crippen molar-refractivity contribution in [3.8, 4) is 11.5 Å². The summed E-state index contributed by atoms with van der Waals surface area (Å²) in [4.78, 5) is 31.7. The highest BCUT2D eigenvalue weighted by atomic mass is 32.1. The Kier molecular flexibility index (Phi) is 7.31. The molecule has 0 aliphatic carbocycles. The van der Waals surface area contributed by atoms with Gasteiger partial charge in [-0.2, -0.15) is 0 Å². The van der Waals surface area contributed by atoms with Crippen LogP contribution in [0, 0.1) is 0 Å². The van der Waals surface area contributed by atoms with E-state index in [0.717, 1.165) is 16.9 Å². The lowest BCUT2D eigenvalue weighted by atomic mass is 9.96. The number of hydrogen-bond donors (Lipinski definition) is 0. The maximum absolute atomic E-state index is 13.6. The molecule has 4 rings (SSSR count). The molecule has 8 heteroatoms. The number of carbonyl (C=O) groups is 1.